The molecule has 2 aromatic rings. The predicted octanol–water partition coefficient (Wildman–Crippen LogP) is 4.13. The quantitative estimate of drug-likeness (QED) is 0.902. The van der Waals surface area contributed by atoms with Crippen LogP contribution in [0.2, 0.25) is 0 Å². The molecule has 0 bridgehead atoms. The monoisotopic (exact) mass is 305 g/mol. The number of para-hydroxylation sites is 1. The largest absolute Gasteiger partial charge is 0.429 e. The average Bonchev–Trinajstić information content (AvgIpc) is 2.83. The Morgan fingerprint density at radius 1 is 1.19 bits per heavy atom. The zero-order valence-electron chi connectivity index (χ0n) is 13.3. The lowest BCUT2D eigenvalue weighted by Crippen LogP contribution is -2.21. The number of aromatic nitrogens is 2. The standard InChI is InChI=1S/C16H23N3OS/c1-11(2)17-10-14-18-19-15(21-14)20-13-9-7-6-8-12(13)16(3,4)5/h6-9,11,17H,10H2,1-5H3. The minimum absolute atomic E-state index is 0.0311. The number of hydrogen-bond donors (Lipinski definition) is 1. The smallest absolute Gasteiger partial charge is 0.299 e. The summed E-state index contributed by atoms with van der Waals surface area (Å²) < 4.78 is 5.94. The van der Waals surface area contributed by atoms with E-state index in [1.807, 2.05) is 18.2 Å². The van der Waals surface area contributed by atoms with E-state index in [-0.39, 0.29) is 5.41 Å². The van der Waals surface area contributed by atoms with Gasteiger partial charge < -0.3 is 10.1 Å². The summed E-state index contributed by atoms with van der Waals surface area (Å²) in [5, 5.41) is 13.1. The van der Waals surface area contributed by atoms with Crippen molar-refractivity contribution in [3.05, 3.63) is 34.8 Å². The zero-order chi connectivity index (χ0) is 15.5. The van der Waals surface area contributed by atoms with Gasteiger partial charge >= 0.3 is 0 Å². The third-order valence-electron chi connectivity index (χ3n) is 3.00. The molecule has 2 rings (SSSR count). The van der Waals surface area contributed by atoms with Crippen molar-refractivity contribution in [3.8, 4) is 10.9 Å². The summed E-state index contributed by atoms with van der Waals surface area (Å²) in [6, 6.07) is 8.52. The molecule has 5 heteroatoms. The van der Waals surface area contributed by atoms with E-state index in [0.717, 1.165) is 17.3 Å². The Morgan fingerprint density at radius 2 is 1.90 bits per heavy atom. The van der Waals surface area contributed by atoms with Crippen LogP contribution in [-0.4, -0.2) is 16.2 Å². The molecule has 0 amide bonds. The lowest BCUT2D eigenvalue weighted by Gasteiger charge is -2.21. The molecule has 0 fully saturated rings. The van der Waals surface area contributed by atoms with Crippen molar-refractivity contribution in [2.24, 2.45) is 0 Å². The van der Waals surface area contributed by atoms with Crippen LogP contribution in [0.15, 0.2) is 24.3 Å². The molecule has 1 aromatic carbocycles. The molecule has 0 unspecified atom stereocenters. The van der Waals surface area contributed by atoms with E-state index in [2.05, 4.69) is 56.2 Å². The topological polar surface area (TPSA) is 47.0 Å². The van der Waals surface area contributed by atoms with Crippen LogP contribution in [-0.2, 0) is 12.0 Å². The van der Waals surface area contributed by atoms with Gasteiger partial charge in [0.15, 0.2) is 0 Å². The van der Waals surface area contributed by atoms with Gasteiger partial charge in [0.05, 0.1) is 6.54 Å². The molecule has 0 spiro atoms. The molecule has 0 saturated heterocycles. The summed E-state index contributed by atoms with van der Waals surface area (Å²) >= 11 is 1.48. The highest BCUT2D eigenvalue weighted by molar-refractivity contribution is 7.13. The van der Waals surface area contributed by atoms with Gasteiger partial charge in [-0.05, 0) is 11.5 Å². The Kier molecular flexibility index (Phi) is 4.96. The van der Waals surface area contributed by atoms with Gasteiger partial charge in [0.1, 0.15) is 10.8 Å². The Morgan fingerprint density at radius 3 is 2.57 bits per heavy atom. The number of ether oxygens (including phenoxy) is 1. The van der Waals surface area contributed by atoms with E-state index in [4.69, 9.17) is 4.74 Å². The third kappa shape index (κ3) is 4.51. The first kappa shape index (κ1) is 15.9. The van der Waals surface area contributed by atoms with Crippen molar-refractivity contribution in [3.63, 3.8) is 0 Å². The van der Waals surface area contributed by atoms with Crippen molar-refractivity contribution in [2.45, 2.75) is 52.6 Å². The molecular formula is C16H23N3OS. The molecule has 0 aliphatic rings. The Hall–Kier alpha value is -1.46. The highest BCUT2D eigenvalue weighted by Gasteiger charge is 2.19. The summed E-state index contributed by atoms with van der Waals surface area (Å²) in [7, 11) is 0. The third-order valence-corrected chi connectivity index (χ3v) is 3.80. The lowest BCUT2D eigenvalue weighted by molar-refractivity contribution is 0.448. The Labute approximate surface area is 130 Å². The zero-order valence-corrected chi connectivity index (χ0v) is 14.1. The number of benzene rings is 1. The van der Waals surface area contributed by atoms with Crippen LogP contribution in [0.3, 0.4) is 0 Å². The summed E-state index contributed by atoms with van der Waals surface area (Å²) in [5.74, 6) is 0.851. The SMILES string of the molecule is CC(C)NCc1nnc(Oc2ccccc2C(C)(C)C)s1. The number of hydrogen-bond acceptors (Lipinski definition) is 5. The summed E-state index contributed by atoms with van der Waals surface area (Å²) in [5.41, 5.74) is 1.20. The van der Waals surface area contributed by atoms with E-state index in [9.17, 15) is 0 Å². The van der Waals surface area contributed by atoms with Gasteiger partial charge in [-0.25, -0.2) is 0 Å². The van der Waals surface area contributed by atoms with Gasteiger partial charge in [0.2, 0.25) is 0 Å². The van der Waals surface area contributed by atoms with E-state index >= 15 is 0 Å². The molecule has 0 atom stereocenters. The molecule has 114 valence electrons. The van der Waals surface area contributed by atoms with Gasteiger partial charge in [0.25, 0.3) is 5.19 Å². The maximum absolute atomic E-state index is 5.94. The van der Waals surface area contributed by atoms with Crippen LogP contribution in [0.25, 0.3) is 0 Å². The molecule has 0 aliphatic heterocycles. The molecule has 0 aliphatic carbocycles. The summed E-state index contributed by atoms with van der Waals surface area (Å²) in [4.78, 5) is 0. The van der Waals surface area contributed by atoms with Crippen molar-refractivity contribution in [1.29, 1.82) is 0 Å². The summed E-state index contributed by atoms with van der Waals surface area (Å²) in [6.07, 6.45) is 0. The lowest BCUT2D eigenvalue weighted by atomic mass is 9.86. The van der Waals surface area contributed by atoms with Crippen molar-refractivity contribution in [2.75, 3.05) is 0 Å². The van der Waals surface area contributed by atoms with Gasteiger partial charge in [-0.3, -0.25) is 0 Å². The van der Waals surface area contributed by atoms with Gasteiger partial charge in [-0.2, -0.15) is 0 Å². The first-order valence-corrected chi connectivity index (χ1v) is 8.01. The fourth-order valence-electron chi connectivity index (χ4n) is 1.91. The van der Waals surface area contributed by atoms with Crippen molar-refractivity contribution in [1.82, 2.24) is 15.5 Å². The van der Waals surface area contributed by atoms with Crippen LogP contribution in [0, 0.1) is 0 Å². The van der Waals surface area contributed by atoms with Gasteiger partial charge in [-0.1, -0.05) is 69.3 Å². The van der Waals surface area contributed by atoms with E-state index in [0.29, 0.717) is 11.2 Å². The highest BCUT2D eigenvalue weighted by atomic mass is 32.1. The van der Waals surface area contributed by atoms with Crippen LogP contribution in [0.5, 0.6) is 10.9 Å². The minimum Gasteiger partial charge on any atom is -0.429 e. The second-order valence-corrected chi connectivity index (χ2v) is 7.37. The molecular weight excluding hydrogens is 282 g/mol. The van der Waals surface area contributed by atoms with E-state index in [1.165, 1.54) is 16.9 Å². The normalized spacial score (nSPS) is 11.9. The van der Waals surface area contributed by atoms with Crippen LogP contribution in [0.4, 0.5) is 0 Å². The van der Waals surface area contributed by atoms with Crippen LogP contribution >= 0.6 is 11.3 Å². The first-order valence-electron chi connectivity index (χ1n) is 7.19. The van der Waals surface area contributed by atoms with Crippen LogP contribution in [0.1, 0.15) is 45.2 Å². The maximum Gasteiger partial charge on any atom is 0.299 e. The number of nitrogens with zero attached hydrogens (tertiary/aromatic N) is 2. The van der Waals surface area contributed by atoms with Crippen molar-refractivity contribution < 1.29 is 4.74 Å². The second-order valence-electron chi connectivity index (χ2n) is 6.35. The van der Waals surface area contributed by atoms with Gasteiger partial charge in [-0.15, -0.1) is 5.10 Å². The maximum atomic E-state index is 5.94. The minimum atomic E-state index is 0.0311. The Bertz CT molecular complexity index is 587. The molecule has 0 radical (unpaired) electrons. The number of nitrogens with one attached hydrogen (secondary N) is 1. The first-order chi connectivity index (χ1) is 9.86. The summed E-state index contributed by atoms with van der Waals surface area (Å²) in [6.45, 7) is 11.5. The highest BCUT2D eigenvalue weighted by Crippen LogP contribution is 2.34. The van der Waals surface area contributed by atoms with Crippen LogP contribution < -0.4 is 10.1 Å². The molecule has 21 heavy (non-hydrogen) atoms. The fraction of sp³-hybridized carbons (Fsp3) is 0.500. The van der Waals surface area contributed by atoms with Gasteiger partial charge in [0, 0.05) is 11.6 Å². The van der Waals surface area contributed by atoms with E-state index < -0.39 is 0 Å². The molecule has 1 N–H and O–H groups in total. The molecule has 1 heterocycles. The molecule has 1 aromatic heterocycles. The number of rotatable bonds is 5. The van der Waals surface area contributed by atoms with Crippen molar-refractivity contribution >= 4 is 11.3 Å². The second kappa shape index (κ2) is 6.54. The predicted molar refractivity (Wildman–Crippen MR) is 87.1 cm³/mol. The average molecular weight is 305 g/mol. The molecule has 4 nitrogen and oxygen atoms in total. The van der Waals surface area contributed by atoms with E-state index in [1.54, 1.807) is 0 Å². The Balaban J connectivity index is 2.12. The molecule has 0 saturated carbocycles. The fourth-order valence-corrected chi connectivity index (χ4v) is 2.56.